The lowest BCUT2D eigenvalue weighted by molar-refractivity contribution is -0.115. The molecule has 2 aromatic rings. The summed E-state index contributed by atoms with van der Waals surface area (Å²) in [6.07, 6.45) is 1.70. The number of thioether (sulfide) groups is 1. The zero-order valence-electron chi connectivity index (χ0n) is 12.6. The van der Waals surface area contributed by atoms with Crippen molar-refractivity contribution in [3.63, 3.8) is 0 Å². The Morgan fingerprint density at radius 2 is 2.04 bits per heavy atom. The van der Waals surface area contributed by atoms with Gasteiger partial charge in [0.15, 0.2) is 5.17 Å². The van der Waals surface area contributed by atoms with E-state index in [9.17, 15) is 4.79 Å². The molecule has 1 fully saturated rings. The van der Waals surface area contributed by atoms with Crippen LogP contribution in [0.4, 0.5) is 0 Å². The lowest BCUT2D eigenvalue weighted by atomic mass is 10.1. The summed E-state index contributed by atoms with van der Waals surface area (Å²) in [6, 6.07) is 10.7. The SMILES string of the molecule is N=C1NC(=O)/C(=C/c2cc(Br)ccc2OCc2ccc(Cl)cc2Cl)S1. The summed E-state index contributed by atoms with van der Waals surface area (Å²) >= 11 is 16.6. The first-order chi connectivity index (χ1) is 11.9. The Bertz CT molecular complexity index is 902. The highest BCUT2D eigenvalue weighted by Gasteiger charge is 2.22. The van der Waals surface area contributed by atoms with Crippen LogP contribution in [0.3, 0.4) is 0 Å². The first kappa shape index (κ1) is 18.3. The molecule has 0 saturated carbocycles. The number of nitrogens with one attached hydrogen (secondary N) is 2. The standard InChI is InChI=1S/C17H11BrCl2N2O2S/c18-11-2-4-14(24-8-9-1-3-12(19)7-13(9)20)10(5-11)6-15-16(23)22-17(21)25-15/h1-7H,8H2,(H2,21,22,23)/b15-6-. The Morgan fingerprint density at radius 1 is 1.24 bits per heavy atom. The Hall–Kier alpha value is -1.47. The Balaban J connectivity index is 1.85. The fourth-order valence-corrected chi connectivity index (χ4v) is 3.68. The zero-order valence-corrected chi connectivity index (χ0v) is 16.5. The molecule has 0 unspecified atom stereocenters. The fraction of sp³-hybridized carbons (Fsp3) is 0.0588. The molecule has 8 heteroatoms. The van der Waals surface area contributed by atoms with Crippen LogP contribution in [0.1, 0.15) is 11.1 Å². The number of halogens is 3. The van der Waals surface area contributed by atoms with Crippen molar-refractivity contribution < 1.29 is 9.53 Å². The van der Waals surface area contributed by atoms with Crippen molar-refractivity contribution in [2.45, 2.75) is 6.61 Å². The van der Waals surface area contributed by atoms with Crippen LogP contribution in [0.5, 0.6) is 5.75 Å². The molecule has 1 heterocycles. The van der Waals surface area contributed by atoms with Crippen molar-refractivity contribution in [1.29, 1.82) is 5.41 Å². The van der Waals surface area contributed by atoms with Crippen LogP contribution in [0.25, 0.3) is 6.08 Å². The highest BCUT2D eigenvalue weighted by atomic mass is 79.9. The quantitative estimate of drug-likeness (QED) is 0.598. The molecule has 25 heavy (non-hydrogen) atoms. The minimum Gasteiger partial charge on any atom is -0.488 e. The van der Waals surface area contributed by atoms with E-state index < -0.39 is 0 Å². The number of amidine groups is 1. The molecule has 128 valence electrons. The summed E-state index contributed by atoms with van der Waals surface area (Å²) < 4.78 is 6.74. The predicted octanol–water partition coefficient (Wildman–Crippen LogP) is 5.47. The third kappa shape index (κ3) is 4.58. The predicted molar refractivity (Wildman–Crippen MR) is 106 cm³/mol. The van der Waals surface area contributed by atoms with E-state index in [4.69, 9.17) is 33.3 Å². The molecule has 4 nitrogen and oxygen atoms in total. The molecule has 0 aliphatic carbocycles. The second kappa shape index (κ2) is 7.83. The molecule has 3 rings (SSSR count). The highest BCUT2D eigenvalue weighted by Crippen LogP contribution is 2.31. The van der Waals surface area contributed by atoms with Crippen LogP contribution in [-0.4, -0.2) is 11.1 Å². The van der Waals surface area contributed by atoms with Gasteiger partial charge < -0.3 is 10.1 Å². The Morgan fingerprint density at radius 3 is 2.72 bits per heavy atom. The van der Waals surface area contributed by atoms with Crippen LogP contribution < -0.4 is 10.1 Å². The molecule has 0 aromatic heterocycles. The van der Waals surface area contributed by atoms with Gasteiger partial charge in [-0.25, -0.2) is 0 Å². The molecule has 1 saturated heterocycles. The number of carbonyl (C=O) groups excluding carboxylic acids is 1. The molecule has 2 N–H and O–H groups in total. The van der Waals surface area contributed by atoms with E-state index in [2.05, 4.69) is 21.2 Å². The van der Waals surface area contributed by atoms with Crippen LogP contribution in [0.15, 0.2) is 45.8 Å². The van der Waals surface area contributed by atoms with Gasteiger partial charge in [0, 0.05) is 25.6 Å². The monoisotopic (exact) mass is 456 g/mol. The molecule has 0 radical (unpaired) electrons. The van der Waals surface area contributed by atoms with Crippen molar-refractivity contribution in [1.82, 2.24) is 5.32 Å². The zero-order chi connectivity index (χ0) is 18.0. The summed E-state index contributed by atoms with van der Waals surface area (Å²) in [5, 5.41) is 11.2. The number of hydrogen-bond donors (Lipinski definition) is 2. The maximum atomic E-state index is 11.8. The minimum absolute atomic E-state index is 0.113. The maximum absolute atomic E-state index is 11.8. The second-order valence-electron chi connectivity index (χ2n) is 5.10. The van der Waals surface area contributed by atoms with Gasteiger partial charge in [-0.05, 0) is 48.2 Å². The number of hydrogen-bond acceptors (Lipinski definition) is 4. The van der Waals surface area contributed by atoms with Gasteiger partial charge >= 0.3 is 0 Å². The van der Waals surface area contributed by atoms with Crippen molar-refractivity contribution in [3.05, 3.63) is 66.9 Å². The van der Waals surface area contributed by atoms with E-state index in [-0.39, 0.29) is 17.7 Å². The van der Waals surface area contributed by atoms with Gasteiger partial charge in [-0.1, -0.05) is 45.2 Å². The lowest BCUT2D eigenvalue weighted by Gasteiger charge is -2.11. The van der Waals surface area contributed by atoms with Crippen LogP contribution in [0, 0.1) is 5.41 Å². The maximum Gasteiger partial charge on any atom is 0.264 e. The van der Waals surface area contributed by atoms with Gasteiger partial charge in [0.1, 0.15) is 12.4 Å². The average molecular weight is 458 g/mol. The Labute approximate surface area is 167 Å². The van der Waals surface area contributed by atoms with Crippen LogP contribution >= 0.6 is 50.9 Å². The number of benzene rings is 2. The highest BCUT2D eigenvalue weighted by molar-refractivity contribution is 9.10. The van der Waals surface area contributed by atoms with Gasteiger partial charge in [0.25, 0.3) is 5.91 Å². The van der Waals surface area contributed by atoms with E-state index >= 15 is 0 Å². The molecule has 1 amide bonds. The van der Waals surface area contributed by atoms with E-state index in [0.717, 1.165) is 27.4 Å². The largest absolute Gasteiger partial charge is 0.488 e. The molecule has 1 aliphatic rings. The summed E-state index contributed by atoms with van der Waals surface area (Å²) in [6.45, 7) is 0.267. The normalized spacial score (nSPS) is 15.6. The molecule has 0 atom stereocenters. The summed E-state index contributed by atoms with van der Waals surface area (Å²) in [5.74, 6) is 0.315. The fourth-order valence-electron chi connectivity index (χ4n) is 2.14. The number of rotatable bonds is 4. The van der Waals surface area contributed by atoms with Gasteiger partial charge in [-0.15, -0.1) is 0 Å². The molecule has 1 aliphatic heterocycles. The van der Waals surface area contributed by atoms with Gasteiger partial charge in [0.05, 0.1) is 4.91 Å². The van der Waals surface area contributed by atoms with Crippen molar-refractivity contribution in [2.24, 2.45) is 0 Å². The minimum atomic E-state index is -0.290. The molecule has 0 bridgehead atoms. The second-order valence-corrected chi connectivity index (χ2v) is 7.91. The number of ether oxygens (including phenoxy) is 1. The van der Waals surface area contributed by atoms with Gasteiger partial charge in [0.2, 0.25) is 0 Å². The lowest BCUT2D eigenvalue weighted by Crippen LogP contribution is -2.18. The van der Waals surface area contributed by atoms with Crippen molar-refractivity contribution >= 4 is 68.0 Å². The average Bonchev–Trinajstić information content (AvgIpc) is 2.85. The van der Waals surface area contributed by atoms with E-state index in [0.29, 0.717) is 20.7 Å². The smallest absolute Gasteiger partial charge is 0.264 e. The van der Waals surface area contributed by atoms with Crippen LogP contribution in [0.2, 0.25) is 10.0 Å². The Kier molecular flexibility index (Phi) is 5.74. The van der Waals surface area contributed by atoms with Crippen LogP contribution in [-0.2, 0) is 11.4 Å². The topological polar surface area (TPSA) is 62.2 Å². The molecule has 2 aromatic carbocycles. The van der Waals surface area contributed by atoms with E-state index in [1.165, 1.54) is 0 Å². The first-order valence-electron chi connectivity index (χ1n) is 7.08. The summed E-state index contributed by atoms with van der Waals surface area (Å²) in [5.41, 5.74) is 1.54. The number of carbonyl (C=O) groups is 1. The van der Waals surface area contributed by atoms with Crippen molar-refractivity contribution in [3.8, 4) is 5.75 Å². The van der Waals surface area contributed by atoms with E-state index in [1.807, 2.05) is 24.3 Å². The molecule has 0 spiro atoms. The summed E-state index contributed by atoms with van der Waals surface area (Å²) in [7, 11) is 0. The molecular weight excluding hydrogens is 447 g/mol. The van der Waals surface area contributed by atoms with Crippen molar-refractivity contribution in [2.75, 3.05) is 0 Å². The van der Waals surface area contributed by atoms with E-state index in [1.54, 1.807) is 18.2 Å². The first-order valence-corrected chi connectivity index (χ1v) is 9.44. The van der Waals surface area contributed by atoms with Gasteiger partial charge in [-0.3, -0.25) is 10.2 Å². The third-order valence-corrected chi connectivity index (χ3v) is 5.23. The third-order valence-electron chi connectivity index (χ3n) is 3.32. The molecular formula is C17H11BrCl2N2O2S. The van der Waals surface area contributed by atoms with Gasteiger partial charge in [-0.2, -0.15) is 0 Å². The summed E-state index contributed by atoms with van der Waals surface area (Å²) in [4.78, 5) is 12.3. The number of amides is 1.